The fourth-order valence-electron chi connectivity index (χ4n) is 2.72. The van der Waals surface area contributed by atoms with Crippen LogP contribution in [0, 0.1) is 0 Å². The first-order valence-corrected chi connectivity index (χ1v) is 7.37. The van der Waals surface area contributed by atoms with Crippen molar-refractivity contribution in [3.05, 3.63) is 53.4 Å². The molecule has 1 aliphatic rings. The van der Waals surface area contributed by atoms with Crippen LogP contribution in [0.2, 0.25) is 5.22 Å². The summed E-state index contributed by atoms with van der Waals surface area (Å²) in [7, 11) is 0. The van der Waals surface area contributed by atoms with Crippen molar-refractivity contribution in [3.63, 3.8) is 0 Å². The molecule has 1 fully saturated rings. The van der Waals surface area contributed by atoms with Crippen molar-refractivity contribution < 1.29 is 14.0 Å². The van der Waals surface area contributed by atoms with Crippen LogP contribution in [0.4, 0.5) is 5.69 Å². The molecule has 0 spiro atoms. The number of rotatable bonds is 3. The molecule has 6 heteroatoms. The largest absolute Gasteiger partial charge is 0.452 e. The standard InChI is InChI=1S/C16H15ClN2O3/c1-10-9-13(18-15(20)12-7-8-22-14(12)17)16(21)19(10)11-5-3-2-4-6-11/h2-8,10,13H,9H2,1H3,(H,18,20)/t10-,13+/m0/s1. The summed E-state index contributed by atoms with van der Waals surface area (Å²) in [5, 5.41) is 2.75. The quantitative estimate of drug-likeness (QED) is 0.946. The molecule has 1 saturated heterocycles. The molecule has 1 aromatic heterocycles. The highest BCUT2D eigenvalue weighted by atomic mass is 35.5. The molecule has 5 nitrogen and oxygen atoms in total. The van der Waals surface area contributed by atoms with E-state index >= 15 is 0 Å². The number of carbonyl (C=O) groups is 2. The molecule has 0 saturated carbocycles. The van der Waals surface area contributed by atoms with Gasteiger partial charge in [-0.05, 0) is 43.1 Å². The molecule has 3 rings (SSSR count). The number of benzene rings is 1. The summed E-state index contributed by atoms with van der Waals surface area (Å²) < 4.78 is 4.90. The Morgan fingerprint density at radius 2 is 2.05 bits per heavy atom. The van der Waals surface area contributed by atoms with Gasteiger partial charge in [0.15, 0.2) is 0 Å². The van der Waals surface area contributed by atoms with Gasteiger partial charge in [0.05, 0.1) is 11.8 Å². The summed E-state index contributed by atoms with van der Waals surface area (Å²) in [5.74, 6) is -0.522. The van der Waals surface area contributed by atoms with E-state index in [0.29, 0.717) is 6.42 Å². The molecule has 1 aromatic carbocycles. The normalized spacial score (nSPS) is 21.2. The summed E-state index contributed by atoms with van der Waals surface area (Å²) in [5.41, 5.74) is 1.07. The number of nitrogens with one attached hydrogen (secondary N) is 1. The van der Waals surface area contributed by atoms with Gasteiger partial charge >= 0.3 is 0 Å². The van der Waals surface area contributed by atoms with Gasteiger partial charge in [0, 0.05) is 11.7 Å². The Labute approximate surface area is 132 Å². The maximum atomic E-state index is 12.6. The Morgan fingerprint density at radius 3 is 2.68 bits per heavy atom. The maximum absolute atomic E-state index is 12.6. The molecule has 0 aliphatic carbocycles. The van der Waals surface area contributed by atoms with Gasteiger partial charge in [0.25, 0.3) is 5.91 Å². The van der Waals surface area contributed by atoms with Crippen molar-refractivity contribution in [3.8, 4) is 0 Å². The van der Waals surface area contributed by atoms with E-state index in [-0.39, 0.29) is 22.7 Å². The molecule has 2 aromatic rings. The van der Waals surface area contributed by atoms with Gasteiger partial charge < -0.3 is 14.6 Å². The number of furan rings is 1. The van der Waals surface area contributed by atoms with Gasteiger partial charge in [0.1, 0.15) is 6.04 Å². The number of para-hydroxylation sites is 1. The van der Waals surface area contributed by atoms with Crippen LogP contribution in [0.25, 0.3) is 0 Å². The number of halogens is 1. The lowest BCUT2D eigenvalue weighted by Crippen LogP contribution is -2.41. The van der Waals surface area contributed by atoms with Gasteiger partial charge in [-0.2, -0.15) is 0 Å². The molecular weight excluding hydrogens is 304 g/mol. The minimum atomic E-state index is -0.561. The second-order valence-corrected chi connectivity index (χ2v) is 5.61. The van der Waals surface area contributed by atoms with Crippen LogP contribution in [0.5, 0.6) is 0 Å². The molecule has 0 bridgehead atoms. The third-order valence-corrected chi connectivity index (χ3v) is 4.05. The molecule has 0 unspecified atom stereocenters. The van der Waals surface area contributed by atoms with Crippen molar-refractivity contribution in [1.82, 2.24) is 5.32 Å². The molecule has 0 radical (unpaired) electrons. The smallest absolute Gasteiger partial charge is 0.256 e. The lowest BCUT2D eigenvalue weighted by atomic mass is 10.1. The van der Waals surface area contributed by atoms with E-state index in [1.165, 1.54) is 12.3 Å². The lowest BCUT2D eigenvalue weighted by molar-refractivity contribution is -0.118. The number of anilines is 1. The fourth-order valence-corrected chi connectivity index (χ4v) is 2.92. The molecule has 1 N–H and O–H groups in total. The Hall–Kier alpha value is -2.27. The minimum absolute atomic E-state index is 0.0139. The first-order chi connectivity index (χ1) is 10.6. The molecule has 22 heavy (non-hydrogen) atoms. The van der Waals surface area contributed by atoms with Crippen LogP contribution in [0.1, 0.15) is 23.7 Å². The first kappa shape index (κ1) is 14.7. The molecule has 2 atom stereocenters. The van der Waals surface area contributed by atoms with Crippen molar-refractivity contribution in [2.24, 2.45) is 0 Å². The van der Waals surface area contributed by atoms with Crippen LogP contribution in [0.3, 0.4) is 0 Å². The lowest BCUT2D eigenvalue weighted by Gasteiger charge is -2.21. The van der Waals surface area contributed by atoms with Crippen LogP contribution in [-0.2, 0) is 4.79 Å². The zero-order valence-corrected chi connectivity index (χ0v) is 12.7. The van der Waals surface area contributed by atoms with Gasteiger partial charge in [-0.15, -0.1) is 0 Å². The Bertz CT molecular complexity index is 698. The highest BCUT2D eigenvalue weighted by Gasteiger charge is 2.39. The van der Waals surface area contributed by atoms with Crippen LogP contribution >= 0.6 is 11.6 Å². The SMILES string of the molecule is C[C@H]1C[C@@H](NC(=O)c2ccoc2Cl)C(=O)N1c1ccccc1. The topological polar surface area (TPSA) is 62.6 Å². The number of hydrogen-bond donors (Lipinski definition) is 1. The molecule has 114 valence electrons. The van der Waals surface area contributed by atoms with Gasteiger partial charge in [-0.1, -0.05) is 18.2 Å². The monoisotopic (exact) mass is 318 g/mol. The average Bonchev–Trinajstić information content (AvgIpc) is 3.04. The zero-order chi connectivity index (χ0) is 15.7. The second kappa shape index (κ2) is 5.85. The Morgan fingerprint density at radius 1 is 1.32 bits per heavy atom. The molecule has 1 aliphatic heterocycles. The van der Waals surface area contributed by atoms with Gasteiger partial charge in [0.2, 0.25) is 11.1 Å². The molecule has 2 amide bonds. The number of nitrogens with zero attached hydrogens (tertiary/aromatic N) is 1. The van der Waals surface area contributed by atoms with E-state index < -0.39 is 11.9 Å². The minimum Gasteiger partial charge on any atom is -0.452 e. The van der Waals surface area contributed by atoms with Gasteiger partial charge in [-0.3, -0.25) is 9.59 Å². The third kappa shape index (κ3) is 2.60. The average molecular weight is 319 g/mol. The number of carbonyl (C=O) groups excluding carboxylic acids is 2. The highest BCUT2D eigenvalue weighted by Crippen LogP contribution is 2.27. The predicted molar refractivity (Wildman–Crippen MR) is 83.0 cm³/mol. The van der Waals surface area contributed by atoms with E-state index in [4.69, 9.17) is 16.0 Å². The Kier molecular flexibility index (Phi) is 3.90. The number of amides is 2. The van der Waals surface area contributed by atoms with Crippen LogP contribution < -0.4 is 10.2 Å². The summed E-state index contributed by atoms with van der Waals surface area (Å²) in [6.07, 6.45) is 1.89. The maximum Gasteiger partial charge on any atom is 0.256 e. The highest BCUT2D eigenvalue weighted by molar-refractivity contribution is 6.32. The van der Waals surface area contributed by atoms with Crippen LogP contribution in [0.15, 0.2) is 47.1 Å². The summed E-state index contributed by atoms with van der Waals surface area (Å²) >= 11 is 5.79. The van der Waals surface area contributed by atoms with E-state index in [9.17, 15) is 9.59 Å². The van der Waals surface area contributed by atoms with Crippen molar-refractivity contribution in [1.29, 1.82) is 0 Å². The van der Waals surface area contributed by atoms with Crippen molar-refractivity contribution >= 4 is 29.1 Å². The summed E-state index contributed by atoms with van der Waals surface area (Å²) in [6.45, 7) is 1.96. The fraction of sp³-hybridized carbons (Fsp3) is 0.250. The van der Waals surface area contributed by atoms with Crippen LogP contribution in [-0.4, -0.2) is 23.9 Å². The van der Waals surface area contributed by atoms with Gasteiger partial charge in [-0.25, -0.2) is 0 Å². The van der Waals surface area contributed by atoms with E-state index in [2.05, 4.69) is 5.32 Å². The first-order valence-electron chi connectivity index (χ1n) is 7.00. The summed E-state index contributed by atoms with van der Waals surface area (Å²) in [6, 6.07) is 10.4. The predicted octanol–water partition coefficient (Wildman–Crippen LogP) is 2.86. The van der Waals surface area contributed by atoms with E-state index in [1.807, 2.05) is 37.3 Å². The number of hydrogen-bond acceptors (Lipinski definition) is 3. The van der Waals surface area contributed by atoms with E-state index in [1.54, 1.807) is 4.90 Å². The zero-order valence-electron chi connectivity index (χ0n) is 12.0. The van der Waals surface area contributed by atoms with E-state index in [0.717, 1.165) is 5.69 Å². The van der Waals surface area contributed by atoms with Crippen molar-refractivity contribution in [2.45, 2.75) is 25.4 Å². The Balaban J connectivity index is 1.76. The summed E-state index contributed by atoms with van der Waals surface area (Å²) in [4.78, 5) is 26.4. The van der Waals surface area contributed by atoms with Crippen molar-refractivity contribution in [2.75, 3.05) is 4.90 Å². The second-order valence-electron chi connectivity index (χ2n) is 5.26. The molecule has 2 heterocycles. The third-order valence-electron chi connectivity index (χ3n) is 3.76. The molecular formula is C16H15ClN2O3.